The van der Waals surface area contributed by atoms with Crippen LogP contribution in [0.25, 0.3) is 113 Å². The number of aryl methyl sites for hydroxylation is 1. The van der Waals surface area contributed by atoms with Crippen LogP contribution in [0.5, 0.6) is 0 Å². The van der Waals surface area contributed by atoms with Crippen LogP contribution in [0.1, 0.15) is 11.3 Å². The molecule has 0 radical (unpaired) electrons. The summed E-state index contributed by atoms with van der Waals surface area (Å²) < 4.78 is 14.9. The minimum Gasteiger partial charge on any atom is -0.436 e. The summed E-state index contributed by atoms with van der Waals surface area (Å²) in [5.41, 5.74) is 13.8. The van der Waals surface area contributed by atoms with E-state index in [1.807, 2.05) is 133 Å². The fourth-order valence-corrected chi connectivity index (χ4v) is 8.00. The Hall–Kier alpha value is -8.49. The lowest BCUT2D eigenvalue weighted by Crippen LogP contribution is -2.00. The van der Waals surface area contributed by atoms with Crippen molar-refractivity contribution in [2.45, 2.75) is 6.92 Å². The van der Waals surface area contributed by atoms with Crippen LogP contribution >= 0.6 is 0 Å². The predicted molar refractivity (Wildman–Crippen MR) is 248 cm³/mol. The van der Waals surface area contributed by atoms with Gasteiger partial charge in [-0.1, -0.05) is 116 Å². The molecule has 0 N–H and O–H groups in total. The first-order chi connectivity index (χ1) is 30.6. The van der Waals surface area contributed by atoms with E-state index in [4.69, 9.17) is 33.8 Å². The summed E-state index contributed by atoms with van der Waals surface area (Å²) in [6.45, 7) is 6.11. The van der Waals surface area contributed by atoms with Gasteiger partial charge in [-0.15, -0.1) is 0 Å². The van der Waals surface area contributed by atoms with Crippen LogP contribution in [0.3, 0.4) is 0 Å². The molecule has 0 aliphatic rings. The van der Waals surface area contributed by atoms with E-state index in [0.29, 0.717) is 34.8 Å². The van der Waals surface area contributed by atoms with Crippen molar-refractivity contribution in [2.24, 2.45) is 0 Å². The molecule has 0 spiro atoms. The fourth-order valence-electron chi connectivity index (χ4n) is 8.00. The number of hydrogen-bond acceptors (Lipinski definition) is 7. The summed E-state index contributed by atoms with van der Waals surface area (Å²) in [4.78, 5) is 24.4. The van der Waals surface area contributed by atoms with Gasteiger partial charge >= 0.3 is 0 Å². The van der Waals surface area contributed by atoms with E-state index in [-0.39, 0.29) is 0 Å². The van der Waals surface area contributed by atoms with Crippen LogP contribution in [0, 0.1) is 6.92 Å². The molecule has 4 heterocycles. The van der Waals surface area contributed by atoms with Gasteiger partial charge in [0.05, 0.1) is 5.52 Å². The third-order valence-electron chi connectivity index (χ3n) is 11.1. The Morgan fingerprint density at radius 1 is 0.468 bits per heavy atom. The van der Waals surface area contributed by atoms with E-state index in [9.17, 15) is 0 Å². The first-order valence-electron chi connectivity index (χ1n) is 20.4. The van der Waals surface area contributed by atoms with Gasteiger partial charge in [0.2, 0.25) is 11.8 Å². The van der Waals surface area contributed by atoms with Gasteiger partial charge in [-0.3, -0.25) is 0 Å². The zero-order valence-corrected chi connectivity index (χ0v) is 33.6. The quantitative estimate of drug-likeness (QED) is 0.134. The Bertz CT molecular complexity index is 3440. The number of fused-ring (bicyclic) bond motifs is 3. The average molecular weight is 801 g/mol. The molecule has 0 aliphatic heterocycles. The second-order valence-corrected chi connectivity index (χ2v) is 15.0. The van der Waals surface area contributed by atoms with Gasteiger partial charge in [-0.2, -0.15) is 0 Å². The number of benzene rings is 7. The van der Waals surface area contributed by atoms with Crippen molar-refractivity contribution in [3.05, 3.63) is 200 Å². The molecule has 8 nitrogen and oxygen atoms in total. The van der Waals surface area contributed by atoms with Crippen molar-refractivity contribution in [3.63, 3.8) is 0 Å². The van der Waals surface area contributed by atoms with E-state index in [2.05, 4.69) is 66.6 Å². The van der Waals surface area contributed by atoms with Crippen LogP contribution in [0.4, 0.5) is 0 Å². The number of hydrogen-bond donors (Lipinski definition) is 0. The fraction of sp³-hybridized carbons (Fsp3) is 0.0185. The molecule has 0 aliphatic carbocycles. The highest BCUT2D eigenvalue weighted by Gasteiger charge is 2.19. The van der Waals surface area contributed by atoms with Crippen molar-refractivity contribution in [2.75, 3.05) is 0 Å². The van der Waals surface area contributed by atoms with Crippen LogP contribution in [0.15, 0.2) is 197 Å². The number of oxazole rings is 2. The lowest BCUT2D eigenvalue weighted by atomic mass is 10.0. The number of allylic oxidation sites excluding steroid dienone is 2. The highest BCUT2D eigenvalue weighted by atomic mass is 16.4. The summed E-state index contributed by atoms with van der Waals surface area (Å²) in [7, 11) is 0. The Labute approximate surface area is 356 Å². The molecule has 11 aromatic rings. The maximum Gasteiger partial charge on any atom is 0.227 e. The van der Waals surface area contributed by atoms with E-state index >= 15 is 0 Å². The Balaban J connectivity index is 0.943. The second kappa shape index (κ2) is 15.3. The topological polar surface area (TPSA) is 95.7 Å². The SMILES string of the molecule is C=C/C=C\c1c(C)c2cc(-c3cccc(-c4nc5ccc(-c6nc(-c7ccccc7)nc(-c7ccccc7)n6)cc5o4)c3)ccc2n1-c1ccc2oc(-c3ccccc3)nc2c1. The van der Waals surface area contributed by atoms with Crippen LogP contribution < -0.4 is 0 Å². The van der Waals surface area contributed by atoms with E-state index in [1.165, 1.54) is 0 Å². The minimum atomic E-state index is 0.531. The summed E-state index contributed by atoms with van der Waals surface area (Å²) in [6, 6.07) is 56.9. The maximum atomic E-state index is 6.48. The minimum absolute atomic E-state index is 0.531. The second-order valence-electron chi connectivity index (χ2n) is 15.0. The highest BCUT2D eigenvalue weighted by Crippen LogP contribution is 2.37. The molecule has 0 saturated carbocycles. The summed E-state index contributed by atoms with van der Waals surface area (Å²) >= 11 is 0. The van der Waals surface area contributed by atoms with Gasteiger partial charge in [0, 0.05) is 44.6 Å². The van der Waals surface area contributed by atoms with Crippen molar-refractivity contribution in [1.82, 2.24) is 29.5 Å². The smallest absolute Gasteiger partial charge is 0.227 e. The van der Waals surface area contributed by atoms with E-state index in [0.717, 1.165) is 83.4 Å². The first-order valence-corrected chi connectivity index (χ1v) is 20.4. The highest BCUT2D eigenvalue weighted by molar-refractivity contribution is 5.94. The third-order valence-corrected chi connectivity index (χ3v) is 11.1. The van der Waals surface area contributed by atoms with Gasteiger partial charge in [0.25, 0.3) is 0 Å². The van der Waals surface area contributed by atoms with Crippen molar-refractivity contribution in [3.8, 4) is 73.9 Å². The normalized spacial score (nSPS) is 11.6. The molecule has 294 valence electrons. The zero-order valence-electron chi connectivity index (χ0n) is 33.6. The molecule has 0 saturated heterocycles. The summed E-state index contributed by atoms with van der Waals surface area (Å²) in [5, 5.41) is 1.14. The lowest BCUT2D eigenvalue weighted by molar-refractivity contribution is 0.619. The summed E-state index contributed by atoms with van der Waals surface area (Å²) in [6.07, 6.45) is 5.88. The van der Waals surface area contributed by atoms with Crippen LogP contribution in [-0.4, -0.2) is 29.5 Å². The largest absolute Gasteiger partial charge is 0.436 e. The lowest BCUT2D eigenvalue weighted by Gasteiger charge is -2.10. The Morgan fingerprint density at radius 2 is 1.05 bits per heavy atom. The molecule has 7 aromatic carbocycles. The number of aromatic nitrogens is 6. The molecule has 11 rings (SSSR count). The predicted octanol–water partition coefficient (Wildman–Crippen LogP) is 13.6. The molecule has 0 bridgehead atoms. The standard InChI is InChI=1S/C54H36N6O2/c1-3-4-23-46-34(2)43-31-39(25-28-47(43)60(46)42-26-29-48-45(33-42)56-53(61-48)37-19-12-7-13-20-37)38-21-14-22-41(30-38)54-55-44-27-24-40(32-49(44)62-54)52-58-50(35-15-8-5-9-16-35)57-51(59-52)36-17-10-6-11-18-36/h3-33H,1H2,2H3/b23-4-. The summed E-state index contributed by atoms with van der Waals surface area (Å²) in [5.74, 6) is 2.89. The van der Waals surface area contributed by atoms with Crippen molar-refractivity contribution < 1.29 is 8.83 Å². The molecule has 0 atom stereocenters. The molecular formula is C54H36N6O2. The molecule has 8 heteroatoms. The van der Waals surface area contributed by atoms with E-state index in [1.54, 1.807) is 6.08 Å². The molecule has 62 heavy (non-hydrogen) atoms. The van der Waals surface area contributed by atoms with Gasteiger partial charge in [-0.25, -0.2) is 24.9 Å². The molecule has 0 amide bonds. The Kier molecular flexibility index (Phi) is 9.01. The van der Waals surface area contributed by atoms with Crippen LogP contribution in [-0.2, 0) is 0 Å². The van der Waals surface area contributed by atoms with E-state index < -0.39 is 0 Å². The number of rotatable bonds is 9. The molecule has 4 aromatic heterocycles. The molecule has 0 unspecified atom stereocenters. The van der Waals surface area contributed by atoms with Gasteiger partial charge in [0.1, 0.15) is 11.0 Å². The monoisotopic (exact) mass is 800 g/mol. The zero-order chi connectivity index (χ0) is 41.6. The first kappa shape index (κ1) is 36.6. The van der Waals surface area contributed by atoms with Gasteiger partial charge < -0.3 is 13.4 Å². The third kappa shape index (κ3) is 6.66. The van der Waals surface area contributed by atoms with Gasteiger partial charge in [-0.05, 0) is 102 Å². The molecular weight excluding hydrogens is 765 g/mol. The van der Waals surface area contributed by atoms with Crippen LogP contribution in [0.2, 0.25) is 0 Å². The van der Waals surface area contributed by atoms with Gasteiger partial charge in [0.15, 0.2) is 28.6 Å². The average Bonchev–Trinajstić information content (AvgIpc) is 4.05. The maximum absolute atomic E-state index is 6.48. The molecule has 0 fully saturated rings. The van der Waals surface area contributed by atoms with Crippen molar-refractivity contribution in [1.29, 1.82) is 0 Å². The Morgan fingerprint density at radius 3 is 1.76 bits per heavy atom. The van der Waals surface area contributed by atoms with Crippen molar-refractivity contribution >= 4 is 39.2 Å². The number of nitrogens with zero attached hydrogens (tertiary/aromatic N) is 6.